The molecule has 0 aromatic carbocycles. The third kappa shape index (κ3) is 3.98. The van der Waals surface area contributed by atoms with Crippen molar-refractivity contribution in [3.63, 3.8) is 0 Å². The Morgan fingerprint density at radius 1 is 1.22 bits per heavy atom. The Hall–Kier alpha value is -2.61. The zero-order valence-corrected chi connectivity index (χ0v) is 14.2. The molecule has 23 heavy (non-hydrogen) atoms. The smallest absolute Gasteiger partial charge is 0.128 e. The van der Waals surface area contributed by atoms with Crippen LogP contribution < -0.4 is 10.2 Å². The van der Waals surface area contributed by atoms with Gasteiger partial charge in [0.1, 0.15) is 11.9 Å². The summed E-state index contributed by atoms with van der Waals surface area (Å²) in [7, 11) is 0. The monoisotopic (exact) mass is 309 g/mol. The molecule has 120 valence electrons. The number of nitriles is 1. The van der Waals surface area contributed by atoms with E-state index in [0.29, 0.717) is 12.1 Å². The molecule has 2 aromatic rings. The van der Waals surface area contributed by atoms with Crippen molar-refractivity contribution in [1.82, 2.24) is 9.97 Å². The Bertz CT molecular complexity index is 697. The van der Waals surface area contributed by atoms with E-state index in [1.807, 2.05) is 32.2 Å². The molecule has 0 saturated carbocycles. The quantitative estimate of drug-likeness (QED) is 0.885. The maximum Gasteiger partial charge on any atom is 0.128 e. The van der Waals surface area contributed by atoms with Crippen molar-refractivity contribution >= 4 is 11.5 Å². The second-order valence-corrected chi connectivity index (χ2v) is 5.43. The lowest BCUT2D eigenvalue weighted by Gasteiger charge is -2.19. The summed E-state index contributed by atoms with van der Waals surface area (Å²) in [5.41, 5.74) is 4.16. The van der Waals surface area contributed by atoms with E-state index < -0.39 is 0 Å². The molecule has 0 saturated heterocycles. The van der Waals surface area contributed by atoms with Crippen molar-refractivity contribution in [2.45, 2.75) is 34.2 Å². The minimum atomic E-state index is 0.600. The average molecular weight is 309 g/mol. The van der Waals surface area contributed by atoms with E-state index in [2.05, 4.69) is 46.2 Å². The zero-order valence-electron chi connectivity index (χ0n) is 14.2. The highest BCUT2D eigenvalue weighted by Crippen LogP contribution is 2.20. The van der Waals surface area contributed by atoms with Gasteiger partial charge >= 0.3 is 0 Å². The van der Waals surface area contributed by atoms with Crippen molar-refractivity contribution in [2.75, 3.05) is 23.3 Å². The summed E-state index contributed by atoms with van der Waals surface area (Å²) in [6.07, 6.45) is 1.88. The zero-order chi connectivity index (χ0) is 16.8. The van der Waals surface area contributed by atoms with Crippen molar-refractivity contribution in [3.05, 3.63) is 46.9 Å². The van der Waals surface area contributed by atoms with Gasteiger partial charge in [0.05, 0.1) is 16.9 Å². The Labute approximate surface area is 138 Å². The maximum atomic E-state index is 9.29. The van der Waals surface area contributed by atoms with Crippen LogP contribution in [0.2, 0.25) is 0 Å². The molecule has 2 heterocycles. The maximum absolute atomic E-state index is 9.29. The first-order chi connectivity index (χ1) is 11.1. The molecule has 2 rings (SSSR count). The molecule has 0 amide bonds. The van der Waals surface area contributed by atoms with Crippen molar-refractivity contribution in [3.8, 4) is 6.07 Å². The summed E-state index contributed by atoms with van der Waals surface area (Å²) in [6.45, 7) is 10.6. The number of anilines is 2. The number of nitrogens with one attached hydrogen (secondary N) is 1. The molecule has 0 radical (unpaired) electrons. The molecule has 0 fully saturated rings. The average Bonchev–Trinajstić information content (AvgIpc) is 2.55. The molecule has 0 unspecified atom stereocenters. The van der Waals surface area contributed by atoms with E-state index in [1.54, 1.807) is 0 Å². The second kappa shape index (κ2) is 7.59. The molecule has 2 aromatic heterocycles. The summed E-state index contributed by atoms with van der Waals surface area (Å²) in [5, 5.41) is 12.6. The van der Waals surface area contributed by atoms with E-state index in [-0.39, 0.29) is 0 Å². The highest BCUT2D eigenvalue weighted by Gasteiger charge is 2.08. The first-order valence-corrected chi connectivity index (χ1v) is 7.91. The van der Waals surface area contributed by atoms with E-state index in [4.69, 9.17) is 0 Å². The van der Waals surface area contributed by atoms with Crippen LogP contribution >= 0.6 is 0 Å². The van der Waals surface area contributed by atoms with Gasteiger partial charge < -0.3 is 10.2 Å². The minimum absolute atomic E-state index is 0.600. The lowest BCUT2D eigenvalue weighted by atomic mass is 10.1. The largest absolute Gasteiger partial charge is 0.380 e. The molecule has 0 bridgehead atoms. The number of hydrogen-bond acceptors (Lipinski definition) is 5. The van der Waals surface area contributed by atoms with Crippen LogP contribution in [-0.2, 0) is 6.54 Å². The fraction of sp³-hybridized carbons (Fsp3) is 0.389. The molecule has 0 aliphatic carbocycles. The summed E-state index contributed by atoms with van der Waals surface area (Å²) in [4.78, 5) is 11.1. The number of nitrogens with zero attached hydrogens (tertiary/aromatic N) is 4. The molecule has 0 aliphatic heterocycles. The van der Waals surface area contributed by atoms with Gasteiger partial charge in [0.2, 0.25) is 0 Å². The Morgan fingerprint density at radius 2 is 1.96 bits per heavy atom. The van der Waals surface area contributed by atoms with Gasteiger partial charge in [-0.15, -0.1) is 0 Å². The summed E-state index contributed by atoms with van der Waals surface area (Å²) in [6, 6.07) is 8.24. The van der Waals surface area contributed by atoms with Gasteiger partial charge in [-0.3, -0.25) is 4.98 Å². The molecular weight excluding hydrogens is 286 g/mol. The van der Waals surface area contributed by atoms with Gasteiger partial charge in [-0.2, -0.15) is 5.26 Å². The predicted molar refractivity (Wildman–Crippen MR) is 93.6 cm³/mol. The van der Waals surface area contributed by atoms with Crippen LogP contribution in [-0.4, -0.2) is 23.1 Å². The molecule has 5 heteroatoms. The molecule has 0 atom stereocenters. The minimum Gasteiger partial charge on any atom is -0.380 e. The van der Waals surface area contributed by atoms with Crippen molar-refractivity contribution in [1.29, 1.82) is 5.26 Å². The van der Waals surface area contributed by atoms with E-state index in [1.165, 1.54) is 0 Å². The van der Waals surface area contributed by atoms with Crippen LogP contribution in [0.3, 0.4) is 0 Å². The predicted octanol–water partition coefficient (Wildman–Crippen LogP) is 3.42. The van der Waals surface area contributed by atoms with Gasteiger partial charge in [0.25, 0.3) is 0 Å². The molecule has 1 N–H and O–H groups in total. The van der Waals surface area contributed by atoms with Gasteiger partial charge in [-0.05, 0) is 45.4 Å². The van der Waals surface area contributed by atoms with Crippen LogP contribution in [0.25, 0.3) is 0 Å². The number of aromatic nitrogens is 2. The number of rotatable bonds is 6. The lowest BCUT2D eigenvalue weighted by molar-refractivity contribution is 0.844. The first kappa shape index (κ1) is 16.8. The summed E-state index contributed by atoms with van der Waals surface area (Å²) >= 11 is 0. The first-order valence-electron chi connectivity index (χ1n) is 7.91. The Balaban J connectivity index is 2.11. The third-order valence-electron chi connectivity index (χ3n) is 3.82. The number of pyridine rings is 2. The fourth-order valence-corrected chi connectivity index (χ4v) is 2.56. The normalized spacial score (nSPS) is 10.2. The standard InChI is InChI=1S/C18H23N5/c1-5-23(6-2)18-8-7-15(12-21-18)11-20-17-9-13(3)22-14(4)16(17)10-19/h7-9,12H,5-6,11H2,1-4H3,(H,20,22). The molecular formula is C18H23N5. The van der Waals surface area contributed by atoms with Crippen molar-refractivity contribution in [2.24, 2.45) is 0 Å². The third-order valence-corrected chi connectivity index (χ3v) is 3.82. The lowest BCUT2D eigenvalue weighted by Crippen LogP contribution is -2.22. The molecule has 0 aliphatic rings. The van der Waals surface area contributed by atoms with Crippen LogP contribution in [0.5, 0.6) is 0 Å². The van der Waals surface area contributed by atoms with Gasteiger partial charge in [0, 0.05) is 31.5 Å². The molecule has 0 spiro atoms. The van der Waals surface area contributed by atoms with Gasteiger partial charge in [-0.1, -0.05) is 6.07 Å². The van der Waals surface area contributed by atoms with E-state index in [0.717, 1.165) is 41.5 Å². The van der Waals surface area contributed by atoms with Gasteiger partial charge in [-0.25, -0.2) is 4.98 Å². The van der Waals surface area contributed by atoms with Crippen molar-refractivity contribution < 1.29 is 0 Å². The second-order valence-electron chi connectivity index (χ2n) is 5.43. The van der Waals surface area contributed by atoms with E-state index >= 15 is 0 Å². The Morgan fingerprint density at radius 3 is 2.52 bits per heavy atom. The highest BCUT2D eigenvalue weighted by molar-refractivity contribution is 5.60. The number of aryl methyl sites for hydroxylation is 2. The van der Waals surface area contributed by atoms with Gasteiger partial charge in [0.15, 0.2) is 0 Å². The summed E-state index contributed by atoms with van der Waals surface area (Å²) in [5.74, 6) is 0.993. The van der Waals surface area contributed by atoms with Crippen LogP contribution in [0.1, 0.15) is 36.4 Å². The van der Waals surface area contributed by atoms with Crippen LogP contribution in [0, 0.1) is 25.2 Å². The SMILES string of the molecule is CCN(CC)c1ccc(CNc2cc(C)nc(C)c2C#N)cn1. The molecule has 5 nitrogen and oxygen atoms in total. The highest BCUT2D eigenvalue weighted by atomic mass is 15.2. The number of hydrogen-bond donors (Lipinski definition) is 1. The fourth-order valence-electron chi connectivity index (χ4n) is 2.56. The van der Waals surface area contributed by atoms with E-state index in [9.17, 15) is 5.26 Å². The Kier molecular flexibility index (Phi) is 5.53. The topological polar surface area (TPSA) is 64.8 Å². The van der Waals surface area contributed by atoms with Crippen LogP contribution in [0.15, 0.2) is 24.4 Å². The summed E-state index contributed by atoms with van der Waals surface area (Å²) < 4.78 is 0. The van der Waals surface area contributed by atoms with Crippen LogP contribution in [0.4, 0.5) is 11.5 Å².